The van der Waals surface area contributed by atoms with Crippen LogP contribution in [-0.2, 0) is 0 Å². The highest BCUT2D eigenvalue weighted by Gasteiger charge is 2.01. The van der Waals surface area contributed by atoms with Gasteiger partial charge in [0, 0.05) is 26.2 Å². The first-order chi connectivity index (χ1) is 6.04. The summed E-state index contributed by atoms with van der Waals surface area (Å²) >= 11 is 0. The van der Waals surface area contributed by atoms with Crippen LogP contribution in [0.15, 0.2) is 0 Å². The Kier molecular flexibility index (Phi) is 7.17. The minimum absolute atomic E-state index is 0.315. The van der Waals surface area contributed by atoms with Crippen LogP contribution in [0.25, 0.3) is 0 Å². The number of aliphatic hydroxyl groups excluding tert-OH is 1. The van der Waals surface area contributed by atoms with Crippen molar-refractivity contribution in [3.05, 3.63) is 0 Å². The lowest BCUT2D eigenvalue weighted by Gasteiger charge is -2.21. The van der Waals surface area contributed by atoms with E-state index in [0.29, 0.717) is 0 Å². The van der Waals surface area contributed by atoms with Crippen molar-refractivity contribution in [1.82, 2.24) is 15.1 Å². The number of nitrogens with one attached hydrogen (secondary N) is 1. The Morgan fingerprint density at radius 2 is 1.69 bits per heavy atom. The predicted octanol–water partition coefficient (Wildman–Crippen LogP) is -0.592. The van der Waals surface area contributed by atoms with Crippen molar-refractivity contribution >= 4 is 0 Å². The van der Waals surface area contributed by atoms with Crippen molar-refractivity contribution in [2.75, 3.05) is 47.3 Å². The Labute approximate surface area is 81.5 Å². The van der Waals surface area contributed by atoms with Crippen LogP contribution < -0.4 is 5.32 Å². The topological polar surface area (TPSA) is 38.7 Å². The van der Waals surface area contributed by atoms with E-state index >= 15 is 0 Å². The number of rotatable bonds is 1. The number of aliphatic hydroxyl groups is 1. The molecule has 0 radical (unpaired) electrons. The van der Waals surface area contributed by atoms with Crippen molar-refractivity contribution in [3.63, 3.8) is 0 Å². The zero-order valence-electron chi connectivity index (χ0n) is 9.25. The predicted molar refractivity (Wildman–Crippen MR) is 55.7 cm³/mol. The van der Waals surface area contributed by atoms with Crippen LogP contribution in [0.4, 0.5) is 0 Å². The molecule has 1 heterocycles. The standard InChI is InChI=1S/C5H12N2.C4H11NO/c1-7-4-2-6-3-5-7;1-4(6)5(2)3/h6H,2-5H2,1H3;4,6H,1-3H3. The quantitative estimate of drug-likeness (QED) is 0.541. The lowest BCUT2D eigenvalue weighted by Crippen LogP contribution is -2.40. The molecule has 0 aromatic rings. The Hall–Kier alpha value is -0.160. The first-order valence-electron chi connectivity index (χ1n) is 4.77. The van der Waals surface area contributed by atoms with Crippen LogP contribution in [0.1, 0.15) is 6.92 Å². The van der Waals surface area contributed by atoms with Gasteiger partial charge in [-0.2, -0.15) is 0 Å². The van der Waals surface area contributed by atoms with Gasteiger partial charge >= 0.3 is 0 Å². The van der Waals surface area contributed by atoms with Gasteiger partial charge in [-0.1, -0.05) is 0 Å². The molecule has 1 atom stereocenters. The number of hydrogen-bond donors (Lipinski definition) is 2. The van der Waals surface area contributed by atoms with Crippen LogP contribution in [-0.4, -0.2) is 68.5 Å². The minimum Gasteiger partial charge on any atom is -0.379 e. The molecule has 0 aliphatic carbocycles. The summed E-state index contributed by atoms with van der Waals surface area (Å²) in [5.74, 6) is 0. The zero-order chi connectivity index (χ0) is 10.3. The molecule has 0 amide bonds. The average Bonchev–Trinajstić information content (AvgIpc) is 2.06. The molecule has 0 bridgehead atoms. The third-order valence-corrected chi connectivity index (χ3v) is 2.09. The molecule has 1 fully saturated rings. The maximum absolute atomic E-state index is 8.56. The van der Waals surface area contributed by atoms with Crippen molar-refractivity contribution < 1.29 is 5.11 Å². The van der Waals surface area contributed by atoms with E-state index in [2.05, 4.69) is 17.3 Å². The summed E-state index contributed by atoms with van der Waals surface area (Å²) in [7, 11) is 5.80. The number of nitrogens with zero attached hydrogens (tertiary/aromatic N) is 2. The Bertz CT molecular complexity index is 105. The van der Waals surface area contributed by atoms with E-state index in [4.69, 9.17) is 5.11 Å². The molecule has 13 heavy (non-hydrogen) atoms. The van der Waals surface area contributed by atoms with E-state index < -0.39 is 0 Å². The van der Waals surface area contributed by atoms with Crippen molar-refractivity contribution in [3.8, 4) is 0 Å². The number of piperazine rings is 1. The number of hydrogen-bond acceptors (Lipinski definition) is 4. The van der Waals surface area contributed by atoms with Gasteiger partial charge in [0.15, 0.2) is 0 Å². The van der Waals surface area contributed by atoms with Gasteiger partial charge in [-0.15, -0.1) is 0 Å². The van der Waals surface area contributed by atoms with Gasteiger partial charge in [-0.05, 0) is 28.1 Å². The third-order valence-electron chi connectivity index (χ3n) is 2.09. The molecule has 0 aromatic carbocycles. The molecule has 1 aliphatic rings. The summed E-state index contributed by atoms with van der Waals surface area (Å²) in [5.41, 5.74) is 0. The molecular formula is C9H23N3O. The van der Waals surface area contributed by atoms with Crippen LogP contribution >= 0.6 is 0 Å². The smallest absolute Gasteiger partial charge is 0.104 e. The van der Waals surface area contributed by atoms with Crippen molar-refractivity contribution in [2.45, 2.75) is 13.2 Å². The lowest BCUT2D eigenvalue weighted by atomic mass is 10.4. The van der Waals surface area contributed by atoms with E-state index in [-0.39, 0.29) is 6.23 Å². The molecule has 0 saturated carbocycles. The van der Waals surface area contributed by atoms with Gasteiger partial charge in [0.2, 0.25) is 0 Å². The van der Waals surface area contributed by atoms with E-state index in [1.165, 1.54) is 13.1 Å². The Balaban J connectivity index is 0.000000226. The molecule has 1 rings (SSSR count). The van der Waals surface area contributed by atoms with Gasteiger partial charge in [0.05, 0.1) is 0 Å². The molecule has 1 aliphatic heterocycles. The maximum atomic E-state index is 8.56. The highest BCUT2D eigenvalue weighted by atomic mass is 16.3. The largest absolute Gasteiger partial charge is 0.379 e. The average molecular weight is 189 g/mol. The summed E-state index contributed by atoms with van der Waals surface area (Å²) in [6.07, 6.45) is -0.315. The second-order valence-corrected chi connectivity index (χ2v) is 3.65. The summed E-state index contributed by atoms with van der Waals surface area (Å²) in [6.45, 7) is 6.47. The van der Waals surface area contributed by atoms with Crippen molar-refractivity contribution in [1.29, 1.82) is 0 Å². The van der Waals surface area contributed by atoms with Gasteiger partial charge < -0.3 is 15.3 Å². The molecule has 1 unspecified atom stereocenters. The SMILES string of the molecule is CC(O)N(C)C.CN1CCNCC1. The first kappa shape index (κ1) is 12.8. The zero-order valence-corrected chi connectivity index (χ0v) is 9.25. The third kappa shape index (κ3) is 8.18. The van der Waals surface area contributed by atoms with Gasteiger partial charge in [-0.3, -0.25) is 4.90 Å². The van der Waals surface area contributed by atoms with Gasteiger partial charge in [0.1, 0.15) is 6.23 Å². The molecule has 0 aromatic heterocycles. The minimum atomic E-state index is -0.315. The molecule has 80 valence electrons. The number of likely N-dealkylation sites (N-methyl/N-ethyl adjacent to an activating group) is 1. The fourth-order valence-corrected chi connectivity index (χ4v) is 0.777. The van der Waals surface area contributed by atoms with Crippen LogP contribution in [0.5, 0.6) is 0 Å². The summed E-state index contributed by atoms with van der Waals surface area (Å²) in [6, 6.07) is 0. The first-order valence-corrected chi connectivity index (χ1v) is 4.77. The highest BCUT2D eigenvalue weighted by molar-refractivity contribution is 4.62. The van der Waals surface area contributed by atoms with E-state index in [9.17, 15) is 0 Å². The second-order valence-electron chi connectivity index (χ2n) is 3.65. The monoisotopic (exact) mass is 189 g/mol. The van der Waals surface area contributed by atoms with Crippen LogP contribution in [0.2, 0.25) is 0 Å². The van der Waals surface area contributed by atoms with E-state index in [0.717, 1.165) is 13.1 Å². The molecule has 4 nitrogen and oxygen atoms in total. The molecule has 4 heteroatoms. The lowest BCUT2D eigenvalue weighted by molar-refractivity contribution is 0.0578. The highest BCUT2D eigenvalue weighted by Crippen LogP contribution is 1.83. The molecular weight excluding hydrogens is 166 g/mol. The van der Waals surface area contributed by atoms with Crippen LogP contribution in [0, 0.1) is 0 Å². The second kappa shape index (κ2) is 7.26. The summed E-state index contributed by atoms with van der Waals surface area (Å²) < 4.78 is 0. The van der Waals surface area contributed by atoms with E-state index in [1.54, 1.807) is 11.8 Å². The van der Waals surface area contributed by atoms with Gasteiger partial charge in [-0.25, -0.2) is 0 Å². The van der Waals surface area contributed by atoms with Crippen LogP contribution in [0.3, 0.4) is 0 Å². The normalized spacial score (nSPS) is 20.8. The fourth-order valence-electron chi connectivity index (χ4n) is 0.777. The van der Waals surface area contributed by atoms with Crippen molar-refractivity contribution in [2.24, 2.45) is 0 Å². The molecule has 2 N–H and O–H groups in total. The Morgan fingerprint density at radius 3 is 1.85 bits per heavy atom. The van der Waals surface area contributed by atoms with Gasteiger partial charge in [0.25, 0.3) is 0 Å². The summed E-state index contributed by atoms with van der Waals surface area (Å²) in [5, 5.41) is 11.8. The fraction of sp³-hybridized carbons (Fsp3) is 1.00. The summed E-state index contributed by atoms with van der Waals surface area (Å²) in [4.78, 5) is 4.05. The molecule has 0 spiro atoms. The van der Waals surface area contributed by atoms with E-state index in [1.807, 2.05) is 14.1 Å². The Morgan fingerprint density at radius 1 is 1.31 bits per heavy atom. The molecule has 1 saturated heterocycles. The maximum Gasteiger partial charge on any atom is 0.104 e.